The summed E-state index contributed by atoms with van der Waals surface area (Å²) in [6, 6.07) is 9.09. The lowest BCUT2D eigenvalue weighted by Crippen LogP contribution is -2.30. The second-order valence-corrected chi connectivity index (χ2v) is 8.31. The third kappa shape index (κ3) is 3.18. The summed E-state index contributed by atoms with van der Waals surface area (Å²) in [5.74, 6) is 0.911. The first-order chi connectivity index (χ1) is 14.6. The molecule has 0 N–H and O–H groups in total. The Bertz CT molecular complexity index is 1120. The van der Waals surface area contributed by atoms with E-state index in [2.05, 4.69) is 22.2 Å². The summed E-state index contributed by atoms with van der Waals surface area (Å²) in [7, 11) is 0. The molecule has 2 aliphatic rings. The van der Waals surface area contributed by atoms with Gasteiger partial charge >= 0.3 is 0 Å². The van der Waals surface area contributed by atoms with Crippen molar-refractivity contribution in [3.8, 4) is 16.9 Å². The van der Waals surface area contributed by atoms with E-state index in [1.54, 1.807) is 12.1 Å². The molecule has 30 heavy (non-hydrogen) atoms. The fraction of sp³-hybridized carbons (Fsp3) is 0.391. The van der Waals surface area contributed by atoms with Crippen LogP contribution >= 0.6 is 0 Å². The summed E-state index contributed by atoms with van der Waals surface area (Å²) >= 11 is 0. The van der Waals surface area contributed by atoms with Crippen LogP contribution in [-0.2, 0) is 6.54 Å². The molecule has 0 saturated heterocycles. The van der Waals surface area contributed by atoms with Crippen LogP contribution in [-0.4, -0.2) is 37.3 Å². The third-order valence-electron chi connectivity index (χ3n) is 6.39. The van der Waals surface area contributed by atoms with Crippen molar-refractivity contribution >= 4 is 5.91 Å². The minimum atomic E-state index is -0.589. The minimum Gasteiger partial charge on any atom is -0.334 e. The fourth-order valence-electron chi connectivity index (χ4n) is 4.50. The molecule has 1 aromatic carbocycles. The van der Waals surface area contributed by atoms with Gasteiger partial charge in [-0.05, 0) is 61.4 Å². The maximum absolute atomic E-state index is 14.1. The maximum atomic E-state index is 14.1. The number of aromatic nitrogens is 4. The Balaban J connectivity index is 1.42. The van der Waals surface area contributed by atoms with Crippen LogP contribution in [0.15, 0.2) is 36.5 Å². The molecule has 6 nitrogen and oxygen atoms in total. The number of rotatable bonds is 6. The van der Waals surface area contributed by atoms with Crippen molar-refractivity contribution in [2.45, 2.75) is 39.7 Å². The molecule has 1 atom stereocenters. The number of halogens is 1. The van der Waals surface area contributed by atoms with Crippen LogP contribution in [0.4, 0.5) is 4.39 Å². The SMILES string of the molecule is CCC(CN1Cc2cc(-c3nnn(-c4cccnc4F)c3C)ccc2C1=O)C1CC1. The number of nitrogens with zero attached hydrogens (tertiary/aromatic N) is 5. The van der Waals surface area contributed by atoms with Crippen LogP contribution in [0.5, 0.6) is 0 Å². The number of benzene rings is 1. The summed E-state index contributed by atoms with van der Waals surface area (Å²) in [6.07, 6.45) is 5.11. The van der Waals surface area contributed by atoms with Gasteiger partial charge in [-0.25, -0.2) is 9.67 Å². The second kappa shape index (κ2) is 7.31. The standard InChI is InChI=1S/C23H24FN5O/c1-3-15(16-6-7-16)12-28-13-18-11-17(8-9-19(18)23(28)30)21-14(2)29(27-26-21)20-5-4-10-25-22(20)24/h4-5,8-11,15-16H,3,6-7,12-13H2,1-2H3. The van der Waals surface area contributed by atoms with Crippen molar-refractivity contribution in [1.82, 2.24) is 24.9 Å². The Morgan fingerprint density at radius 3 is 2.83 bits per heavy atom. The number of hydrogen-bond acceptors (Lipinski definition) is 4. The lowest BCUT2D eigenvalue weighted by atomic mass is 10.0. The number of fused-ring (bicyclic) bond motifs is 1. The number of hydrogen-bond donors (Lipinski definition) is 0. The smallest absolute Gasteiger partial charge is 0.254 e. The van der Waals surface area contributed by atoms with Gasteiger partial charge in [-0.15, -0.1) is 5.10 Å². The molecular formula is C23H24FN5O. The van der Waals surface area contributed by atoms with Gasteiger partial charge in [-0.3, -0.25) is 4.79 Å². The van der Waals surface area contributed by atoms with E-state index in [-0.39, 0.29) is 11.6 Å². The van der Waals surface area contributed by atoms with E-state index in [1.807, 2.05) is 30.0 Å². The summed E-state index contributed by atoms with van der Waals surface area (Å²) in [5, 5.41) is 8.41. The van der Waals surface area contributed by atoms with E-state index in [9.17, 15) is 9.18 Å². The van der Waals surface area contributed by atoms with E-state index in [4.69, 9.17) is 0 Å². The molecule has 3 heterocycles. The first-order valence-corrected chi connectivity index (χ1v) is 10.5. The lowest BCUT2D eigenvalue weighted by molar-refractivity contribution is 0.0743. The molecule has 1 unspecified atom stereocenters. The molecule has 1 aliphatic carbocycles. The average molecular weight is 405 g/mol. The van der Waals surface area contributed by atoms with Crippen molar-refractivity contribution in [1.29, 1.82) is 0 Å². The summed E-state index contributed by atoms with van der Waals surface area (Å²) in [6.45, 7) is 5.54. The lowest BCUT2D eigenvalue weighted by Gasteiger charge is -2.22. The van der Waals surface area contributed by atoms with Gasteiger partial charge in [0.1, 0.15) is 11.4 Å². The fourth-order valence-corrected chi connectivity index (χ4v) is 4.50. The van der Waals surface area contributed by atoms with Crippen LogP contribution < -0.4 is 0 Å². The zero-order valence-corrected chi connectivity index (χ0v) is 17.2. The van der Waals surface area contributed by atoms with E-state index in [0.717, 1.165) is 41.3 Å². The quantitative estimate of drug-likeness (QED) is 0.578. The average Bonchev–Trinajstić information content (AvgIpc) is 3.46. The highest BCUT2D eigenvalue weighted by Gasteiger charge is 2.35. The molecule has 1 aliphatic heterocycles. The van der Waals surface area contributed by atoms with Gasteiger partial charge in [-0.1, -0.05) is 24.6 Å². The molecule has 0 radical (unpaired) electrons. The van der Waals surface area contributed by atoms with Crippen LogP contribution in [0, 0.1) is 24.7 Å². The predicted octanol–water partition coefficient (Wildman–Crippen LogP) is 4.17. The number of amides is 1. The van der Waals surface area contributed by atoms with Gasteiger partial charge < -0.3 is 4.90 Å². The highest BCUT2D eigenvalue weighted by Crippen LogP contribution is 2.40. The van der Waals surface area contributed by atoms with E-state index in [1.165, 1.54) is 23.7 Å². The highest BCUT2D eigenvalue weighted by atomic mass is 19.1. The largest absolute Gasteiger partial charge is 0.334 e. The number of carbonyl (C=O) groups excluding carboxylic acids is 1. The minimum absolute atomic E-state index is 0.119. The Hall–Kier alpha value is -3.09. The van der Waals surface area contributed by atoms with Gasteiger partial charge in [0.25, 0.3) is 5.91 Å². The highest BCUT2D eigenvalue weighted by molar-refractivity contribution is 5.99. The third-order valence-corrected chi connectivity index (χ3v) is 6.39. The normalized spacial score (nSPS) is 16.8. The van der Waals surface area contributed by atoms with Crippen molar-refractivity contribution in [2.75, 3.05) is 6.54 Å². The maximum Gasteiger partial charge on any atom is 0.254 e. The van der Waals surface area contributed by atoms with Crippen LogP contribution in [0.2, 0.25) is 0 Å². The molecule has 1 saturated carbocycles. The number of pyridine rings is 1. The van der Waals surface area contributed by atoms with Crippen LogP contribution in [0.3, 0.4) is 0 Å². The van der Waals surface area contributed by atoms with Crippen LogP contribution in [0.1, 0.15) is 47.8 Å². The number of carbonyl (C=O) groups is 1. The summed E-state index contributed by atoms with van der Waals surface area (Å²) in [5.41, 5.74) is 4.34. The Kier molecular flexibility index (Phi) is 4.60. The van der Waals surface area contributed by atoms with Gasteiger partial charge in [0.2, 0.25) is 5.95 Å². The van der Waals surface area contributed by atoms with E-state index in [0.29, 0.717) is 18.2 Å². The zero-order chi connectivity index (χ0) is 20.8. The van der Waals surface area contributed by atoms with Gasteiger partial charge in [0.05, 0.1) is 5.69 Å². The van der Waals surface area contributed by atoms with Crippen molar-refractivity contribution < 1.29 is 9.18 Å². The molecular weight excluding hydrogens is 381 g/mol. The van der Waals surface area contributed by atoms with E-state index < -0.39 is 5.95 Å². The molecule has 3 aromatic rings. The molecule has 0 spiro atoms. The Morgan fingerprint density at radius 1 is 1.27 bits per heavy atom. The molecule has 1 fully saturated rings. The summed E-state index contributed by atoms with van der Waals surface area (Å²) < 4.78 is 15.5. The van der Waals surface area contributed by atoms with Crippen molar-refractivity contribution in [2.24, 2.45) is 11.8 Å². The summed E-state index contributed by atoms with van der Waals surface area (Å²) in [4.78, 5) is 18.6. The van der Waals surface area contributed by atoms with Gasteiger partial charge in [0.15, 0.2) is 0 Å². The van der Waals surface area contributed by atoms with E-state index >= 15 is 0 Å². The Morgan fingerprint density at radius 2 is 2.10 bits per heavy atom. The van der Waals surface area contributed by atoms with Crippen molar-refractivity contribution in [3.05, 3.63) is 59.3 Å². The molecule has 0 bridgehead atoms. The molecule has 2 aromatic heterocycles. The zero-order valence-electron chi connectivity index (χ0n) is 17.2. The first kappa shape index (κ1) is 18.9. The Labute approximate surface area is 174 Å². The topological polar surface area (TPSA) is 63.9 Å². The molecule has 5 rings (SSSR count). The monoisotopic (exact) mass is 405 g/mol. The first-order valence-electron chi connectivity index (χ1n) is 10.5. The molecule has 7 heteroatoms. The van der Waals surface area contributed by atoms with Crippen LogP contribution in [0.25, 0.3) is 16.9 Å². The van der Waals surface area contributed by atoms with Gasteiger partial charge in [0, 0.05) is 30.4 Å². The van der Waals surface area contributed by atoms with Crippen molar-refractivity contribution in [3.63, 3.8) is 0 Å². The van der Waals surface area contributed by atoms with Gasteiger partial charge in [-0.2, -0.15) is 4.39 Å². The molecule has 154 valence electrons. The second-order valence-electron chi connectivity index (χ2n) is 8.31. The predicted molar refractivity (Wildman–Crippen MR) is 111 cm³/mol. The molecule has 1 amide bonds.